The predicted molar refractivity (Wildman–Crippen MR) is 145 cm³/mol. The zero-order valence-electron chi connectivity index (χ0n) is 20.8. The van der Waals surface area contributed by atoms with Gasteiger partial charge < -0.3 is 22.0 Å². The second-order valence-corrected chi connectivity index (χ2v) is 11.5. The largest absolute Gasteiger partial charge is 0.737 e. The molecule has 0 amide bonds. The number of sulfonamides is 1. The van der Waals surface area contributed by atoms with E-state index < -0.39 is 22.6 Å². The van der Waals surface area contributed by atoms with Crippen LogP contribution in [0, 0.1) is 25.7 Å². The first-order valence-corrected chi connectivity index (χ1v) is 13.7. The van der Waals surface area contributed by atoms with Gasteiger partial charge in [0.1, 0.15) is 5.58 Å². The van der Waals surface area contributed by atoms with Gasteiger partial charge >= 0.3 is 12.6 Å². The third-order valence-electron chi connectivity index (χ3n) is 6.99. The van der Waals surface area contributed by atoms with Gasteiger partial charge in [-0.2, -0.15) is 0 Å². The van der Waals surface area contributed by atoms with Crippen LogP contribution in [0.2, 0.25) is 0 Å². The lowest BCUT2D eigenvalue weighted by Crippen LogP contribution is -2.50. The Morgan fingerprint density at radius 3 is 2.71 bits per heavy atom. The molecule has 2 aromatic heterocycles. The molecule has 0 unspecified atom stereocenters. The monoisotopic (exact) mass is 533 g/mol. The van der Waals surface area contributed by atoms with E-state index in [9.17, 15) is 13.2 Å². The zero-order chi connectivity index (χ0) is 27.0. The Morgan fingerprint density at radius 1 is 1.13 bits per heavy atom. The van der Waals surface area contributed by atoms with Crippen molar-refractivity contribution in [2.24, 2.45) is 0 Å². The van der Waals surface area contributed by atoms with E-state index in [1.165, 1.54) is 18.2 Å². The summed E-state index contributed by atoms with van der Waals surface area (Å²) >= 11 is 0. The quantitative estimate of drug-likeness (QED) is 0.301. The van der Waals surface area contributed by atoms with E-state index in [0.29, 0.717) is 33.6 Å². The minimum atomic E-state index is -4.16. The number of benzene rings is 1. The first-order chi connectivity index (χ1) is 17.9. The number of nitrogens with one attached hydrogen (secondary N) is 1. The molecule has 0 aliphatic carbocycles. The Kier molecular flexibility index (Phi) is 5.20. The molecule has 0 saturated heterocycles. The smallest absolute Gasteiger partial charge is 0.422 e. The summed E-state index contributed by atoms with van der Waals surface area (Å²) in [6.07, 6.45) is 6.51. The summed E-state index contributed by atoms with van der Waals surface area (Å²) in [5.41, 5.74) is 3.50. The van der Waals surface area contributed by atoms with Gasteiger partial charge in [-0.3, -0.25) is 4.72 Å². The molecule has 5 heterocycles. The second-order valence-electron chi connectivity index (χ2n) is 9.69. The lowest BCUT2D eigenvalue weighted by molar-refractivity contribution is -0.361. The van der Waals surface area contributed by atoms with Crippen molar-refractivity contribution in [3.63, 3.8) is 0 Å². The topological polar surface area (TPSA) is 84.3 Å². The molecule has 11 heteroatoms. The number of hydrogen-bond acceptors (Lipinski definition) is 4. The molecule has 0 radical (unpaired) electrons. The van der Waals surface area contributed by atoms with Crippen molar-refractivity contribution in [1.29, 1.82) is 0 Å². The minimum absolute atomic E-state index is 0.121. The van der Waals surface area contributed by atoms with Crippen molar-refractivity contribution >= 4 is 51.5 Å². The van der Waals surface area contributed by atoms with Crippen molar-refractivity contribution in [3.8, 4) is 11.8 Å². The van der Waals surface area contributed by atoms with Crippen LogP contribution in [0.4, 0.5) is 14.3 Å². The van der Waals surface area contributed by atoms with E-state index in [0.717, 1.165) is 14.5 Å². The number of nitrogens with zero attached hydrogens (tertiary/aromatic N) is 2. The van der Waals surface area contributed by atoms with Gasteiger partial charge in [-0.1, -0.05) is 11.8 Å². The van der Waals surface area contributed by atoms with Crippen LogP contribution in [-0.4, -0.2) is 35.8 Å². The van der Waals surface area contributed by atoms with Crippen LogP contribution in [0.25, 0.3) is 23.1 Å². The fourth-order valence-corrected chi connectivity index (χ4v) is 6.23. The lowest BCUT2D eigenvalue weighted by atomic mass is 9.89. The van der Waals surface area contributed by atoms with Crippen molar-refractivity contribution < 1.29 is 26.0 Å². The molecule has 0 bridgehead atoms. The molecular weight excluding hydrogens is 511 g/mol. The summed E-state index contributed by atoms with van der Waals surface area (Å²) in [4.78, 5) is 12.8. The van der Waals surface area contributed by atoms with Gasteiger partial charge in [0, 0.05) is 41.3 Å². The molecule has 192 valence electrons. The summed E-state index contributed by atoms with van der Waals surface area (Å²) in [6, 6.07) is 6.35. The van der Waals surface area contributed by atoms with Crippen LogP contribution in [0.15, 0.2) is 56.9 Å². The molecule has 7 nitrogen and oxygen atoms in total. The zero-order valence-corrected chi connectivity index (χ0v) is 21.6. The number of anilines is 1. The maximum Gasteiger partial charge on any atom is 0.737 e. The van der Waals surface area contributed by atoms with Gasteiger partial charge in [0.25, 0.3) is 0 Å². The van der Waals surface area contributed by atoms with Crippen LogP contribution in [0.1, 0.15) is 41.4 Å². The van der Waals surface area contributed by atoms with Crippen LogP contribution in [-0.2, 0) is 10.0 Å². The Bertz CT molecular complexity index is 1950. The maximum atomic E-state index is 15.8. The van der Waals surface area contributed by atoms with Crippen molar-refractivity contribution in [3.05, 3.63) is 86.2 Å². The van der Waals surface area contributed by atoms with E-state index in [1.807, 2.05) is 6.92 Å². The van der Waals surface area contributed by atoms with Gasteiger partial charge in [-0.15, -0.1) is 0 Å². The Balaban J connectivity index is 1.45. The van der Waals surface area contributed by atoms with Crippen molar-refractivity contribution in [2.75, 3.05) is 10.5 Å². The fourth-order valence-electron chi connectivity index (χ4n) is 5.25. The average molecular weight is 533 g/mol. The SMILES string of the molecule is CC1=CC(/C=C/c2cc3cc4c(cc3oc2=O)C#CCCS(=O)(=O)N4)=[N+]2C1=Cc1c(C)cc(C)n1[B-]2(F)F. The second kappa shape index (κ2) is 8.17. The summed E-state index contributed by atoms with van der Waals surface area (Å²) in [5.74, 6) is 5.58. The summed E-state index contributed by atoms with van der Waals surface area (Å²) in [7, 11) is -3.57. The molecule has 1 aromatic carbocycles. The number of hydrogen-bond donors (Lipinski definition) is 1. The third-order valence-corrected chi connectivity index (χ3v) is 8.26. The van der Waals surface area contributed by atoms with Gasteiger partial charge in [0.2, 0.25) is 10.0 Å². The Labute approximate surface area is 217 Å². The van der Waals surface area contributed by atoms with Gasteiger partial charge in [0.15, 0.2) is 11.4 Å². The first-order valence-electron chi connectivity index (χ1n) is 12.0. The number of allylic oxidation sites excluding steroid dienone is 3. The average Bonchev–Trinajstić information content (AvgIpc) is 3.30. The fraction of sp³-hybridized carbons (Fsp3) is 0.185. The van der Waals surface area contributed by atoms with E-state index in [1.54, 1.807) is 44.2 Å². The van der Waals surface area contributed by atoms with Crippen LogP contribution < -0.4 is 10.3 Å². The molecule has 0 atom stereocenters. The number of fused-ring (bicyclic) bond motifs is 4. The molecular formula is C27H22BF2N3O4S. The predicted octanol–water partition coefficient (Wildman–Crippen LogP) is 4.41. The molecule has 3 aliphatic heterocycles. The molecule has 1 N–H and O–H groups in total. The number of rotatable bonds is 2. The molecule has 0 saturated carbocycles. The Morgan fingerprint density at radius 2 is 1.92 bits per heavy atom. The van der Waals surface area contributed by atoms with Crippen molar-refractivity contribution in [1.82, 2.24) is 4.48 Å². The van der Waals surface area contributed by atoms with Crippen LogP contribution in [0.5, 0.6) is 0 Å². The standard InChI is InChI=1S/C27H22BF2N3O4S/c1-16-10-18(3)32-24(16)15-25-17(2)11-22(33(25)28(32,29)30)8-7-20-12-21-13-23-19(14-26(21)37-27(20)34)6-4-5-9-38(35,36)31-23/h7-8,10-15,31H,5,9H2,1-3H3/b8-7+. The summed E-state index contributed by atoms with van der Waals surface area (Å²) < 4.78 is 66.2. The Hall–Kier alpha value is -4.17. The molecule has 3 aliphatic rings. The minimum Gasteiger partial charge on any atom is -0.422 e. The number of halogens is 2. The lowest BCUT2D eigenvalue weighted by Gasteiger charge is -2.30. The molecule has 0 fully saturated rings. The normalized spacial score (nSPS) is 19.0. The highest BCUT2D eigenvalue weighted by atomic mass is 32.2. The highest BCUT2D eigenvalue weighted by molar-refractivity contribution is 7.92. The molecule has 3 aromatic rings. The number of aryl methyl sites for hydroxylation is 2. The van der Waals surface area contributed by atoms with Crippen LogP contribution in [0.3, 0.4) is 0 Å². The highest BCUT2D eigenvalue weighted by Crippen LogP contribution is 2.37. The first kappa shape index (κ1) is 24.2. The highest BCUT2D eigenvalue weighted by Gasteiger charge is 2.53. The summed E-state index contributed by atoms with van der Waals surface area (Å²) in [6.45, 7) is 1.09. The molecule has 0 spiro atoms. The third kappa shape index (κ3) is 3.75. The van der Waals surface area contributed by atoms with Gasteiger partial charge in [0.05, 0.1) is 22.6 Å². The molecule has 6 rings (SSSR count). The van der Waals surface area contributed by atoms with E-state index in [2.05, 4.69) is 16.6 Å². The van der Waals surface area contributed by atoms with Crippen molar-refractivity contribution in [2.45, 2.75) is 27.2 Å². The molecule has 38 heavy (non-hydrogen) atoms. The van der Waals surface area contributed by atoms with E-state index in [-0.39, 0.29) is 34.7 Å². The van der Waals surface area contributed by atoms with Gasteiger partial charge in [-0.25, -0.2) is 13.2 Å². The number of aromatic nitrogens is 1. The van der Waals surface area contributed by atoms with E-state index in [4.69, 9.17) is 4.42 Å². The van der Waals surface area contributed by atoms with Gasteiger partial charge in [-0.05, 0) is 62.4 Å². The van der Waals surface area contributed by atoms with Crippen LogP contribution >= 0.6 is 0 Å². The van der Waals surface area contributed by atoms with E-state index >= 15 is 8.63 Å². The maximum absolute atomic E-state index is 15.8. The summed E-state index contributed by atoms with van der Waals surface area (Å²) in [5, 5.41) is 0.465.